The van der Waals surface area contributed by atoms with E-state index in [0.29, 0.717) is 6.07 Å². The van der Waals surface area contributed by atoms with Gasteiger partial charge in [-0.05, 0) is 6.07 Å². The second-order valence-electron chi connectivity index (χ2n) is 3.29. The Morgan fingerprint density at radius 3 is 2.76 bits per heavy atom. The van der Waals surface area contributed by atoms with Gasteiger partial charge in [0.05, 0.1) is 23.1 Å². The van der Waals surface area contributed by atoms with Crippen LogP contribution in [-0.2, 0) is 0 Å². The van der Waals surface area contributed by atoms with Crippen LogP contribution < -0.4 is 0 Å². The Labute approximate surface area is 97.0 Å². The van der Waals surface area contributed by atoms with Crippen molar-refractivity contribution in [3.63, 3.8) is 0 Å². The molecule has 0 fully saturated rings. The van der Waals surface area contributed by atoms with E-state index >= 15 is 0 Å². The van der Waals surface area contributed by atoms with Crippen molar-refractivity contribution in [3.8, 4) is 12.3 Å². The largest absolute Gasteiger partial charge is 0.330 e. The van der Waals surface area contributed by atoms with Gasteiger partial charge in [-0.25, -0.2) is 4.39 Å². The quantitative estimate of drug-likeness (QED) is 0.453. The first-order valence-electron chi connectivity index (χ1n) is 4.60. The molecule has 0 aliphatic rings. The van der Waals surface area contributed by atoms with Crippen molar-refractivity contribution in [2.24, 2.45) is 0 Å². The van der Waals surface area contributed by atoms with E-state index in [9.17, 15) is 19.3 Å². The number of amides is 1. The van der Waals surface area contributed by atoms with Crippen LogP contribution in [0.2, 0.25) is 0 Å². The van der Waals surface area contributed by atoms with Crippen molar-refractivity contribution >= 4 is 11.6 Å². The molecule has 0 radical (unpaired) electrons. The molecule has 0 spiro atoms. The molecule has 17 heavy (non-hydrogen) atoms. The highest BCUT2D eigenvalue weighted by Gasteiger charge is 2.18. The minimum Gasteiger partial charge on any atom is -0.330 e. The second-order valence-corrected chi connectivity index (χ2v) is 3.29. The number of hydrogen-bond acceptors (Lipinski definition) is 3. The van der Waals surface area contributed by atoms with Gasteiger partial charge in [-0.2, -0.15) is 0 Å². The van der Waals surface area contributed by atoms with Crippen molar-refractivity contribution in [2.75, 3.05) is 13.6 Å². The van der Waals surface area contributed by atoms with Crippen molar-refractivity contribution in [3.05, 3.63) is 39.7 Å². The minimum absolute atomic E-state index is 0.0370. The van der Waals surface area contributed by atoms with Gasteiger partial charge in [0.25, 0.3) is 11.6 Å². The van der Waals surface area contributed by atoms with Crippen LogP contribution in [0.3, 0.4) is 0 Å². The number of terminal acetylenes is 1. The van der Waals surface area contributed by atoms with Gasteiger partial charge in [0.1, 0.15) is 5.82 Å². The lowest BCUT2D eigenvalue weighted by Gasteiger charge is -2.13. The Morgan fingerprint density at radius 2 is 2.29 bits per heavy atom. The summed E-state index contributed by atoms with van der Waals surface area (Å²) in [5, 5.41) is 10.4. The third-order valence-electron chi connectivity index (χ3n) is 2.07. The van der Waals surface area contributed by atoms with Crippen molar-refractivity contribution in [1.82, 2.24) is 4.90 Å². The Kier molecular flexibility index (Phi) is 3.78. The number of nitrogens with zero attached hydrogens (tertiary/aromatic N) is 2. The summed E-state index contributed by atoms with van der Waals surface area (Å²) >= 11 is 0. The molecule has 0 aromatic heterocycles. The molecular formula is C11H9FN2O3. The van der Waals surface area contributed by atoms with Crippen molar-refractivity contribution in [1.29, 1.82) is 0 Å². The molecule has 0 atom stereocenters. The van der Waals surface area contributed by atoms with Crippen LogP contribution >= 0.6 is 0 Å². The van der Waals surface area contributed by atoms with E-state index < -0.39 is 22.3 Å². The molecule has 0 saturated carbocycles. The number of hydrogen-bond donors (Lipinski definition) is 0. The van der Waals surface area contributed by atoms with Crippen molar-refractivity contribution in [2.45, 2.75) is 0 Å². The van der Waals surface area contributed by atoms with Gasteiger partial charge < -0.3 is 4.90 Å². The molecule has 6 heteroatoms. The maximum atomic E-state index is 13.5. The Bertz CT molecular complexity index is 508. The van der Waals surface area contributed by atoms with E-state index in [0.717, 1.165) is 17.0 Å². The van der Waals surface area contributed by atoms with Gasteiger partial charge in [0.15, 0.2) is 0 Å². The van der Waals surface area contributed by atoms with Gasteiger partial charge >= 0.3 is 0 Å². The topological polar surface area (TPSA) is 63.5 Å². The van der Waals surface area contributed by atoms with Crippen LogP contribution in [0.4, 0.5) is 10.1 Å². The third-order valence-corrected chi connectivity index (χ3v) is 2.07. The number of nitro benzene ring substituents is 1. The van der Waals surface area contributed by atoms with Crippen LogP contribution in [0.15, 0.2) is 18.2 Å². The maximum Gasteiger partial charge on any atom is 0.272 e. The lowest BCUT2D eigenvalue weighted by Crippen LogP contribution is -2.27. The average Bonchev–Trinajstić information content (AvgIpc) is 2.28. The van der Waals surface area contributed by atoms with Crippen LogP contribution in [0.25, 0.3) is 0 Å². The zero-order valence-corrected chi connectivity index (χ0v) is 9.01. The molecule has 1 aromatic rings. The Morgan fingerprint density at radius 1 is 1.65 bits per heavy atom. The first-order chi connectivity index (χ1) is 7.97. The molecule has 5 nitrogen and oxygen atoms in total. The Balaban J connectivity index is 3.05. The molecule has 0 unspecified atom stereocenters. The van der Waals surface area contributed by atoms with E-state index in [1.807, 2.05) is 0 Å². The van der Waals surface area contributed by atoms with Gasteiger partial charge in [-0.15, -0.1) is 6.42 Å². The smallest absolute Gasteiger partial charge is 0.272 e. The van der Waals surface area contributed by atoms with Crippen LogP contribution in [0.5, 0.6) is 0 Å². The summed E-state index contributed by atoms with van der Waals surface area (Å²) in [4.78, 5) is 22.5. The highest BCUT2D eigenvalue weighted by Crippen LogP contribution is 2.17. The Hall–Kier alpha value is -2.42. The van der Waals surface area contributed by atoms with Crippen LogP contribution in [0.1, 0.15) is 10.4 Å². The van der Waals surface area contributed by atoms with Gasteiger partial charge in [0, 0.05) is 13.1 Å². The summed E-state index contributed by atoms with van der Waals surface area (Å²) in [7, 11) is 1.42. The molecule has 0 saturated heterocycles. The molecule has 0 aliphatic carbocycles. The predicted molar refractivity (Wildman–Crippen MR) is 58.8 cm³/mol. The van der Waals surface area contributed by atoms with Crippen LogP contribution in [-0.4, -0.2) is 29.3 Å². The monoisotopic (exact) mass is 236 g/mol. The van der Waals surface area contributed by atoms with Gasteiger partial charge in [-0.3, -0.25) is 14.9 Å². The first kappa shape index (κ1) is 12.6. The van der Waals surface area contributed by atoms with Gasteiger partial charge in [-0.1, -0.05) is 5.92 Å². The number of nitro groups is 1. The number of carbonyl (C=O) groups excluding carboxylic acids is 1. The van der Waals surface area contributed by atoms with E-state index in [1.54, 1.807) is 0 Å². The fourth-order valence-corrected chi connectivity index (χ4v) is 1.21. The van der Waals surface area contributed by atoms with E-state index in [4.69, 9.17) is 6.42 Å². The third kappa shape index (κ3) is 2.78. The molecule has 1 aromatic carbocycles. The standard InChI is InChI=1S/C11H9FN2O3/c1-3-6-13(2)11(15)9-5-4-8(14(16)17)7-10(9)12/h1,4-5,7H,6H2,2H3. The molecule has 1 amide bonds. The number of carbonyl (C=O) groups is 1. The van der Waals surface area contributed by atoms with E-state index in [2.05, 4.69) is 5.92 Å². The SMILES string of the molecule is C#CCN(C)C(=O)c1ccc([N+](=O)[O-])cc1F. The molecule has 0 heterocycles. The average molecular weight is 236 g/mol. The molecule has 0 bridgehead atoms. The fraction of sp³-hybridized carbons (Fsp3) is 0.182. The fourth-order valence-electron chi connectivity index (χ4n) is 1.21. The van der Waals surface area contributed by atoms with Crippen molar-refractivity contribution < 1.29 is 14.1 Å². The molecule has 0 N–H and O–H groups in total. The molecule has 1 rings (SSSR count). The first-order valence-corrected chi connectivity index (χ1v) is 4.60. The zero-order valence-electron chi connectivity index (χ0n) is 9.01. The molecule has 88 valence electrons. The number of non-ortho nitro benzene ring substituents is 1. The normalized spacial score (nSPS) is 9.47. The second kappa shape index (κ2) is 5.07. The summed E-state index contributed by atoms with van der Waals surface area (Å²) in [5.41, 5.74) is -0.646. The molecular weight excluding hydrogens is 227 g/mol. The summed E-state index contributed by atoms with van der Waals surface area (Å²) in [6.45, 7) is 0.0370. The van der Waals surface area contributed by atoms with E-state index in [1.165, 1.54) is 7.05 Å². The number of halogens is 1. The number of benzene rings is 1. The highest BCUT2D eigenvalue weighted by atomic mass is 19.1. The van der Waals surface area contributed by atoms with Gasteiger partial charge in [0.2, 0.25) is 0 Å². The van der Waals surface area contributed by atoms with Crippen LogP contribution in [0, 0.1) is 28.3 Å². The molecule has 0 aliphatic heterocycles. The summed E-state index contributed by atoms with van der Waals surface area (Å²) < 4.78 is 13.5. The maximum absolute atomic E-state index is 13.5. The lowest BCUT2D eigenvalue weighted by molar-refractivity contribution is -0.385. The highest BCUT2D eigenvalue weighted by molar-refractivity contribution is 5.94. The number of rotatable bonds is 3. The van der Waals surface area contributed by atoms with E-state index in [-0.39, 0.29) is 12.1 Å². The summed E-state index contributed by atoms with van der Waals surface area (Å²) in [6.07, 6.45) is 5.02. The zero-order chi connectivity index (χ0) is 13.0. The lowest BCUT2D eigenvalue weighted by atomic mass is 10.1. The summed E-state index contributed by atoms with van der Waals surface area (Å²) in [5.74, 6) is 0.689. The summed E-state index contributed by atoms with van der Waals surface area (Å²) in [6, 6.07) is 2.85. The minimum atomic E-state index is -0.937. The predicted octanol–water partition coefficient (Wildman–Crippen LogP) is 1.44.